The van der Waals surface area contributed by atoms with Crippen LogP contribution in [-0.2, 0) is 0 Å². The lowest BCUT2D eigenvalue weighted by atomic mass is 9.98. The van der Waals surface area contributed by atoms with E-state index in [9.17, 15) is 5.26 Å². The van der Waals surface area contributed by atoms with E-state index in [2.05, 4.69) is 38.8 Å². The maximum Gasteiger partial charge on any atom is 0.103 e. The molecule has 1 rings (SSSR count). The molecule has 17 heavy (non-hydrogen) atoms. The van der Waals surface area contributed by atoms with E-state index in [1.54, 1.807) is 11.8 Å². The van der Waals surface area contributed by atoms with E-state index >= 15 is 0 Å². The Morgan fingerprint density at radius 1 is 1.41 bits per heavy atom. The van der Waals surface area contributed by atoms with Crippen molar-refractivity contribution in [3.8, 4) is 6.07 Å². The first-order chi connectivity index (χ1) is 7.97. The molecule has 0 aromatic heterocycles. The van der Waals surface area contributed by atoms with Crippen LogP contribution in [0.25, 0.3) is 0 Å². The second kappa shape index (κ2) is 5.46. The van der Waals surface area contributed by atoms with Gasteiger partial charge >= 0.3 is 0 Å². The SMILES string of the molecule is CCC(C)(C)N(C)c1cccc(SC)c1C#N. The molecule has 0 radical (unpaired) electrons. The summed E-state index contributed by atoms with van der Waals surface area (Å²) in [6.45, 7) is 6.56. The minimum Gasteiger partial charge on any atom is -0.368 e. The molecule has 0 amide bonds. The monoisotopic (exact) mass is 248 g/mol. The van der Waals surface area contributed by atoms with Gasteiger partial charge in [-0.15, -0.1) is 11.8 Å². The van der Waals surface area contributed by atoms with Crippen LogP contribution in [0.2, 0.25) is 0 Å². The third-order valence-corrected chi connectivity index (χ3v) is 4.25. The van der Waals surface area contributed by atoms with Crippen LogP contribution < -0.4 is 4.90 Å². The van der Waals surface area contributed by atoms with Crippen LogP contribution in [-0.4, -0.2) is 18.8 Å². The average molecular weight is 248 g/mol. The van der Waals surface area contributed by atoms with E-state index in [0.29, 0.717) is 0 Å². The molecule has 0 spiro atoms. The number of anilines is 1. The van der Waals surface area contributed by atoms with Crippen molar-refractivity contribution in [1.29, 1.82) is 5.26 Å². The Bertz CT molecular complexity index is 432. The van der Waals surface area contributed by atoms with Gasteiger partial charge in [-0.2, -0.15) is 5.26 Å². The summed E-state index contributed by atoms with van der Waals surface area (Å²) in [5, 5.41) is 9.33. The van der Waals surface area contributed by atoms with Gasteiger partial charge in [0, 0.05) is 17.5 Å². The van der Waals surface area contributed by atoms with E-state index < -0.39 is 0 Å². The van der Waals surface area contributed by atoms with Crippen molar-refractivity contribution in [2.45, 2.75) is 37.6 Å². The molecule has 0 N–H and O–H groups in total. The van der Waals surface area contributed by atoms with Crippen molar-refractivity contribution in [2.24, 2.45) is 0 Å². The number of nitrogens with zero attached hydrogens (tertiary/aromatic N) is 2. The topological polar surface area (TPSA) is 27.0 Å². The zero-order chi connectivity index (χ0) is 13.1. The summed E-state index contributed by atoms with van der Waals surface area (Å²) in [7, 11) is 2.06. The molecule has 2 nitrogen and oxygen atoms in total. The van der Waals surface area contributed by atoms with Gasteiger partial charge in [0.1, 0.15) is 6.07 Å². The normalized spacial score (nSPS) is 11.1. The van der Waals surface area contributed by atoms with E-state index in [0.717, 1.165) is 22.6 Å². The Morgan fingerprint density at radius 3 is 2.53 bits per heavy atom. The number of hydrogen-bond donors (Lipinski definition) is 0. The predicted molar refractivity (Wildman–Crippen MR) is 75.7 cm³/mol. The summed E-state index contributed by atoms with van der Waals surface area (Å²) in [5.74, 6) is 0. The maximum absolute atomic E-state index is 9.33. The number of thioether (sulfide) groups is 1. The second-order valence-corrected chi connectivity index (χ2v) is 5.54. The lowest BCUT2D eigenvalue weighted by molar-refractivity contribution is 0.470. The van der Waals surface area contributed by atoms with Crippen molar-refractivity contribution < 1.29 is 0 Å². The predicted octanol–water partition coefficient (Wildman–Crippen LogP) is 3.90. The number of benzene rings is 1. The van der Waals surface area contributed by atoms with Gasteiger partial charge in [0.2, 0.25) is 0 Å². The molecule has 0 saturated heterocycles. The zero-order valence-electron chi connectivity index (χ0n) is 11.2. The summed E-state index contributed by atoms with van der Waals surface area (Å²) in [5.41, 5.74) is 1.86. The standard InChI is InChI=1S/C14H20N2S/c1-6-14(2,3)16(4)12-8-7-9-13(17-5)11(12)10-15/h7-9H,6H2,1-5H3. The summed E-state index contributed by atoms with van der Waals surface area (Å²) >= 11 is 1.62. The highest BCUT2D eigenvalue weighted by Gasteiger charge is 2.24. The quantitative estimate of drug-likeness (QED) is 0.756. The fraction of sp³-hybridized carbons (Fsp3) is 0.500. The minimum atomic E-state index is 0.0582. The van der Waals surface area contributed by atoms with Gasteiger partial charge in [-0.1, -0.05) is 13.0 Å². The first-order valence-corrected chi connectivity index (χ1v) is 7.01. The molecule has 0 unspecified atom stereocenters. The molecule has 0 fully saturated rings. The third-order valence-electron chi connectivity index (χ3n) is 3.47. The van der Waals surface area contributed by atoms with Crippen LogP contribution in [0.15, 0.2) is 23.1 Å². The Kier molecular flexibility index (Phi) is 4.47. The first kappa shape index (κ1) is 13.9. The molecule has 0 atom stereocenters. The summed E-state index contributed by atoms with van der Waals surface area (Å²) in [6, 6.07) is 8.37. The van der Waals surface area contributed by atoms with E-state index in [-0.39, 0.29) is 5.54 Å². The minimum absolute atomic E-state index is 0.0582. The van der Waals surface area contributed by atoms with Gasteiger partial charge in [0.15, 0.2) is 0 Å². The number of rotatable bonds is 4. The van der Waals surface area contributed by atoms with Crippen molar-refractivity contribution in [1.82, 2.24) is 0 Å². The maximum atomic E-state index is 9.33. The molecule has 0 saturated carbocycles. The van der Waals surface area contributed by atoms with Gasteiger partial charge < -0.3 is 4.90 Å². The smallest absolute Gasteiger partial charge is 0.103 e. The Morgan fingerprint density at radius 2 is 2.06 bits per heavy atom. The molecular formula is C14H20N2S. The largest absolute Gasteiger partial charge is 0.368 e. The van der Waals surface area contributed by atoms with Gasteiger partial charge in [0.25, 0.3) is 0 Å². The molecule has 92 valence electrons. The molecule has 3 heteroatoms. The van der Waals surface area contributed by atoms with Crippen molar-refractivity contribution in [2.75, 3.05) is 18.2 Å². The van der Waals surface area contributed by atoms with Crippen LogP contribution in [0.1, 0.15) is 32.8 Å². The number of hydrogen-bond acceptors (Lipinski definition) is 3. The van der Waals surface area contributed by atoms with Crippen LogP contribution in [0.4, 0.5) is 5.69 Å². The van der Waals surface area contributed by atoms with Gasteiger partial charge in [0.05, 0.1) is 11.3 Å². The summed E-state index contributed by atoms with van der Waals surface area (Å²) in [6.07, 6.45) is 3.04. The van der Waals surface area contributed by atoms with E-state index in [4.69, 9.17) is 0 Å². The molecule has 1 aromatic carbocycles. The molecular weight excluding hydrogens is 228 g/mol. The van der Waals surface area contributed by atoms with Crippen LogP contribution >= 0.6 is 11.8 Å². The average Bonchev–Trinajstić information content (AvgIpc) is 2.36. The fourth-order valence-corrected chi connectivity index (χ4v) is 2.21. The Balaban J connectivity index is 3.28. The van der Waals surface area contributed by atoms with Crippen LogP contribution in [0, 0.1) is 11.3 Å². The first-order valence-electron chi connectivity index (χ1n) is 5.79. The third kappa shape index (κ3) is 2.76. The summed E-state index contributed by atoms with van der Waals surface area (Å²) in [4.78, 5) is 3.24. The van der Waals surface area contributed by atoms with Crippen molar-refractivity contribution in [3.05, 3.63) is 23.8 Å². The lowest BCUT2D eigenvalue weighted by Gasteiger charge is -2.37. The van der Waals surface area contributed by atoms with Gasteiger partial charge in [-0.05, 0) is 38.7 Å². The van der Waals surface area contributed by atoms with E-state index in [1.807, 2.05) is 24.5 Å². The van der Waals surface area contributed by atoms with Gasteiger partial charge in [-0.3, -0.25) is 0 Å². The lowest BCUT2D eigenvalue weighted by Crippen LogP contribution is -2.41. The Hall–Kier alpha value is -1.14. The van der Waals surface area contributed by atoms with Crippen LogP contribution in [0.3, 0.4) is 0 Å². The molecule has 0 heterocycles. The fourth-order valence-electron chi connectivity index (χ4n) is 1.64. The molecule has 0 aliphatic carbocycles. The molecule has 0 bridgehead atoms. The van der Waals surface area contributed by atoms with E-state index in [1.165, 1.54) is 0 Å². The molecule has 0 aliphatic rings. The highest BCUT2D eigenvalue weighted by molar-refractivity contribution is 7.98. The van der Waals surface area contributed by atoms with Crippen molar-refractivity contribution >= 4 is 17.4 Å². The summed E-state index contributed by atoms with van der Waals surface area (Å²) < 4.78 is 0. The highest BCUT2D eigenvalue weighted by Crippen LogP contribution is 2.32. The van der Waals surface area contributed by atoms with Crippen LogP contribution in [0.5, 0.6) is 0 Å². The Labute approximate surface area is 109 Å². The zero-order valence-corrected chi connectivity index (χ0v) is 12.1. The number of nitriles is 1. The molecule has 1 aromatic rings. The second-order valence-electron chi connectivity index (χ2n) is 4.69. The van der Waals surface area contributed by atoms with Crippen molar-refractivity contribution in [3.63, 3.8) is 0 Å². The van der Waals surface area contributed by atoms with Gasteiger partial charge in [-0.25, -0.2) is 0 Å². The highest BCUT2D eigenvalue weighted by atomic mass is 32.2. The molecule has 0 aliphatic heterocycles.